The number of halogens is 1. The lowest BCUT2D eigenvalue weighted by molar-refractivity contribution is -0.116. The summed E-state index contributed by atoms with van der Waals surface area (Å²) in [5, 5.41) is 3.12. The predicted molar refractivity (Wildman–Crippen MR) is 111 cm³/mol. The number of para-hydroxylation sites is 1. The molecule has 0 atom stereocenters. The van der Waals surface area contributed by atoms with Crippen LogP contribution < -0.4 is 20.3 Å². The summed E-state index contributed by atoms with van der Waals surface area (Å²) in [6.07, 6.45) is 0. The van der Waals surface area contributed by atoms with Crippen LogP contribution in [0.3, 0.4) is 0 Å². The van der Waals surface area contributed by atoms with E-state index < -0.39 is 5.91 Å². The lowest BCUT2D eigenvalue weighted by Crippen LogP contribution is -2.31. The fraction of sp³-hybridized carbons (Fsp3) is 0.190. The number of methoxy groups -OCH3 is 1. The van der Waals surface area contributed by atoms with Crippen molar-refractivity contribution < 1.29 is 14.3 Å². The van der Waals surface area contributed by atoms with E-state index in [2.05, 4.69) is 10.3 Å². The number of nitrogens with one attached hydrogen (secondary N) is 1. The van der Waals surface area contributed by atoms with E-state index in [4.69, 9.17) is 21.1 Å². The molecular formula is C21H20ClN3O4. The number of anilines is 1. The molecule has 0 radical (unpaired) electrons. The topological polar surface area (TPSA) is 82.5 Å². The molecule has 0 saturated carbocycles. The highest BCUT2D eigenvalue weighted by Gasteiger charge is 2.13. The van der Waals surface area contributed by atoms with E-state index in [0.717, 1.165) is 0 Å². The number of aromatic nitrogens is 2. The van der Waals surface area contributed by atoms with Crippen molar-refractivity contribution in [1.29, 1.82) is 0 Å². The van der Waals surface area contributed by atoms with Crippen LogP contribution in [0, 0.1) is 6.92 Å². The van der Waals surface area contributed by atoms with Gasteiger partial charge in [0.05, 0.1) is 17.8 Å². The summed E-state index contributed by atoms with van der Waals surface area (Å²) >= 11 is 6.07. The molecule has 0 saturated heterocycles. The van der Waals surface area contributed by atoms with Gasteiger partial charge in [-0.05, 0) is 43.3 Å². The first-order chi connectivity index (χ1) is 14.0. The van der Waals surface area contributed by atoms with E-state index in [9.17, 15) is 9.59 Å². The molecule has 0 fully saturated rings. The zero-order chi connectivity index (χ0) is 20.8. The molecule has 0 aliphatic carbocycles. The maximum absolute atomic E-state index is 12.5. The highest BCUT2D eigenvalue weighted by atomic mass is 35.5. The SMILES string of the molecule is COc1ccc(OCc2nc(C)cc(=O)n2CC(=O)Nc2ccccc2Cl)cc1. The molecule has 0 spiro atoms. The standard InChI is InChI=1S/C21H20ClN3O4/c1-14-11-21(27)25(12-20(26)24-18-6-4-3-5-17(18)22)19(23-14)13-29-16-9-7-15(28-2)8-10-16/h3-11H,12-13H2,1-2H3,(H,24,26). The molecule has 0 unspecified atom stereocenters. The van der Waals surface area contributed by atoms with Crippen LogP contribution in [0.25, 0.3) is 0 Å². The van der Waals surface area contributed by atoms with Gasteiger partial charge < -0.3 is 14.8 Å². The van der Waals surface area contributed by atoms with E-state index in [-0.39, 0.29) is 18.7 Å². The van der Waals surface area contributed by atoms with Crippen LogP contribution in [-0.4, -0.2) is 22.6 Å². The largest absolute Gasteiger partial charge is 0.497 e. The quantitative estimate of drug-likeness (QED) is 0.641. The third kappa shape index (κ3) is 5.36. The number of hydrogen-bond acceptors (Lipinski definition) is 5. The number of ether oxygens (including phenoxy) is 2. The van der Waals surface area contributed by atoms with Crippen molar-refractivity contribution in [2.24, 2.45) is 0 Å². The van der Waals surface area contributed by atoms with E-state index in [1.54, 1.807) is 62.6 Å². The summed E-state index contributed by atoms with van der Waals surface area (Å²) in [7, 11) is 1.58. The third-order valence-electron chi connectivity index (χ3n) is 4.09. The fourth-order valence-electron chi connectivity index (χ4n) is 2.68. The average molecular weight is 414 g/mol. The van der Waals surface area contributed by atoms with Crippen molar-refractivity contribution in [2.75, 3.05) is 12.4 Å². The zero-order valence-electron chi connectivity index (χ0n) is 16.0. The Kier molecular flexibility index (Phi) is 6.51. The van der Waals surface area contributed by atoms with Crippen molar-refractivity contribution >= 4 is 23.2 Å². The van der Waals surface area contributed by atoms with Gasteiger partial charge in [0.2, 0.25) is 5.91 Å². The first-order valence-electron chi connectivity index (χ1n) is 8.85. The Balaban J connectivity index is 1.76. The molecule has 0 aliphatic heterocycles. The fourth-order valence-corrected chi connectivity index (χ4v) is 2.86. The normalized spacial score (nSPS) is 10.4. The first kappa shape index (κ1) is 20.4. The zero-order valence-corrected chi connectivity index (χ0v) is 16.8. The molecule has 1 heterocycles. The summed E-state index contributed by atoms with van der Waals surface area (Å²) in [6.45, 7) is 1.54. The summed E-state index contributed by atoms with van der Waals surface area (Å²) < 4.78 is 12.1. The summed E-state index contributed by atoms with van der Waals surface area (Å²) in [6, 6.07) is 15.3. The minimum atomic E-state index is -0.392. The van der Waals surface area contributed by atoms with Gasteiger partial charge in [-0.15, -0.1) is 0 Å². The summed E-state index contributed by atoms with van der Waals surface area (Å²) in [4.78, 5) is 29.3. The Labute approximate surface area is 172 Å². The molecule has 29 heavy (non-hydrogen) atoms. The van der Waals surface area contributed by atoms with Gasteiger partial charge in [-0.3, -0.25) is 14.2 Å². The predicted octanol–water partition coefficient (Wildman–Crippen LogP) is 3.43. The number of aryl methyl sites for hydroxylation is 1. The molecule has 3 rings (SSSR count). The van der Waals surface area contributed by atoms with E-state index in [0.29, 0.717) is 33.7 Å². The highest BCUT2D eigenvalue weighted by Crippen LogP contribution is 2.20. The second kappa shape index (κ2) is 9.25. The van der Waals surface area contributed by atoms with Gasteiger partial charge in [-0.25, -0.2) is 4.98 Å². The van der Waals surface area contributed by atoms with Gasteiger partial charge in [0, 0.05) is 11.8 Å². The molecule has 7 nitrogen and oxygen atoms in total. The molecule has 150 valence electrons. The molecule has 2 aromatic carbocycles. The van der Waals surface area contributed by atoms with E-state index in [1.165, 1.54) is 10.6 Å². The molecule has 3 aromatic rings. The Hall–Kier alpha value is -3.32. The Morgan fingerprint density at radius 2 is 1.83 bits per heavy atom. The minimum Gasteiger partial charge on any atom is -0.497 e. The third-order valence-corrected chi connectivity index (χ3v) is 4.42. The van der Waals surface area contributed by atoms with Gasteiger partial charge in [0.15, 0.2) is 0 Å². The van der Waals surface area contributed by atoms with Gasteiger partial charge in [0.1, 0.15) is 30.5 Å². The van der Waals surface area contributed by atoms with Gasteiger partial charge in [0.25, 0.3) is 5.56 Å². The average Bonchev–Trinajstić information content (AvgIpc) is 2.71. The van der Waals surface area contributed by atoms with Gasteiger partial charge in [-0.1, -0.05) is 23.7 Å². The Morgan fingerprint density at radius 1 is 1.14 bits per heavy atom. The second-order valence-electron chi connectivity index (χ2n) is 6.23. The molecule has 1 N–H and O–H groups in total. The molecule has 1 amide bonds. The first-order valence-corrected chi connectivity index (χ1v) is 9.22. The van der Waals surface area contributed by atoms with Crippen molar-refractivity contribution in [1.82, 2.24) is 9.55 Å². The Bertz CT molecular complexity index is 1060. The maximum Gasteiger partial charge on any atom is 0.254 e. The van der Waals surface area contributed by atoms with Crippen molar-refractivity contribution in [2.45, 2.75) is 20.1 Å². The molecule has 0 bridgehead atoms. The van der Waals surface area contributed by atoms with Crippen molar-refractivity contribution in [3.8, 4) is 11.5 Å². The smallest absolute Gasteiger partial charge is 0.254 e. The minimum absolute atomic E-state index is 0.0304. The Morgan fingerprint density at radius 3 is 2.52 bits per heavy atom. The molecule has 1 aromatic heterocycles. The monoisotopic (exact) mass is 413 g/mol. The van der Waals surface area contributed by atoms with E-state index in [1.807, 2.05) is 0 Å². The number of rotatable bonds is 7. The number of hydrogen-bond donors (Lipinski definition) is 1. The molecule has 0 aliphatic rings. The van der Waals surface area contributed by atoms with Gasteiger partial charge in [-0.2, -0.15) is 0 Å². The highest BCUT2D eigenvalue weighted by molar-refractivity contribution is 6.33. The van der Waals surface area contributed by atoms with Crippen LogP contribution in [0.4, 0.5) is 5.69 Å². The maximum atomic E-state index is 12.5. The second-order valence-corrected chi connectivity index (χ2v) is 6.64. The summed E-state index contributed by atoms with van der Waals surface area (Å²) in [5.74, 6) is 1.25. The van der Waals surface area contributed by atoms with Crippen molar-refractivity contribution in [3.63, 3.8) is 0 Å². The van der Waals surface area contributed by atoms with Crippen LogP contribution in [-0.2, 0) is 17.9 Å². The van der Waals surface area contributed by atoms with Crippen LogP contribution in [0.15, 0.2) is 59.4 Å². The van der Waals surface area contributed by atoms with Crippen LogP contribution in [0.5, 0.6) is 11.5 Å². The number of benzene rings is 2. The molecular weight excluding hydrogens is 394 g/mol. The number of nitrogens with zero attached hydrogens (tertiary/aromatic N) is 2. The van der Waals surface area contributed by atoms with E-state index >= 15 is 0 Å². The van der Waals surface area contributed by atoms with Crippen LogP contribution in [0.2, 0.25) is 5.02 Å². The van der Waals surface area contributed by atoms with Crippen molar-refractivity contribution in [3.05, 3.63) is 81.5 Å². The van der Waals surface area contributed by atoms with Crippen LogP contribution in [0.1, 0.15) is 11.5 Å². The molecule has 8 heteroatoms. The number of carbonyl (C=O) groups is 1. The van der Waals surface area contributed by atoms with Crippen LogP contribution >= 0.6 is 11.6 Å². The number of amides is 1. The lowest BCUT2D eigenvalue weighted by Gasteiger charge is -2.14. The van der Waals surface area contributed by atoms with Gasteiger partial charge >= 0.3 is 0 Å². The summed E-state index contributed by atoms with van der Waals surface area (Å²) in [5.41, 5.74) is 0.689. The number of carbonyl (C=O) groups excluding carboxylic acids is 1. The lowest BCUT2D eigenvalue weighted by atomic mass is 10.3.